The lowest BCUT2D eigenvalue weighted by Gasteiger charge is -2.19. The molecule has 9 nitrogen and oxygen atoms in total. The van der Waals surface area contributed by atoms with E-state index in [9.17, 15) is 15.0 Å². The summed E-state index contributed by atoms with van der Waals surface area (Å²) in [6.45, 7) is 1.82. The lowest BCUT2D eigenvalue weighted by Crippen LogP contribution is -2.24. The Morgan fingerprint density at radius 1 is 1.03 bits per heavy atom. The normalized spacial score (nSPS) is 19.6. The molecule has 196 valence electrons. The fraction of sp³-hybridized carbons (Fsp3) is 0.233. The van der Waals surface area contributed by atoms with E-state index in [1.807, 2.05) is 24.3 Å². The topological polar surface area (TPSA) is 139 Å². The SMILES string of the molecule is Cc1c2ccccc2c(Cc2nc3c(=O)[nH]c(N)nc3n2C2CC(O)C(CO)O2)c2c1ccc1ccccc12. The van der Waals surface area contributed by atoms with E-state index in [1.54, 1.807) is 4.57 Å². The minimum atomic E-state index is -0.866. The van der Waals surface area contributed by atoms with Crippen molar-refractivity contribution in [2.24, 2.45) is 0 Å². The standard InChI is InChI=1S/C30H27N5O4/c1-15-17-7-4-5-9-20(17)21(26-18(15)11-10-16-6-2-3-8-19(16)26)12-24-32-27-28(33-30(31)34-29(27)38)35(24)25-13-22(37)23(14-36)39-25/h2-11,22-23,25,36-37H,12-14H2,1H3,(H3,31,33,34,38). The number of nitrogens with two attached hydrogens (primary N) is 1. The average Bonchev–Trinajstić information content (AvgIpc) is 3.49. The maximum atomic E-state index is 12.9. The Balaban J connectivity index is 1.54. The van der Waals surface area contributed by atoms with Gasteiger partial charge in [0, 0.05) is 12.8 Å². The molecular formula is C30H27N5O4. The van der Waals surface area contributed by atoms with Gasteiger partial charge < -0.3 is 20.7 Å². The summed E-state index contributed by atoms with van der Waals surface area (Å²) in [5, 5.41) is 27.0. The zero-order valence-electron chi connectivity index (χ0n) is 21.3. The van der Waals surface area contributed by atoms with E-state index in [0.29, 0.717) is 12.2 Å². The maximum absolute atomic E-state index is 12.9. The van der Waals surface area contributed by atoms with Crippen molar-refractivity contribution in [2.75, 3.05) is 12.3 Å². The lowest BCUT2D eigenvalue weighted by atomic mass is 9.88. The molecule has 1 fully saturated rings. The highest BCUT2D eigenvalue weighted by molar-refractivity contribution is 6.16. The molecule has 0 amide bonds. The molecule has 7 rings (SSSR count). The van der Waals surface area contributed by atoms with Crippen LogP contribution in [0.3, 0.4) is 0 Å². The number of nitrogens with one attached hydrogen (secondary N) is 1. The molecule has 5 N–H and O–H groups in total. The maximum Gasteiger partial charge on any atom is 0.280 e. The van der Waals surface area contributed by atoms with E-state index in [2.05, 4.69) is 53.3 Å². The van der Waals surface area contributed by atoms with Crippen LogP contribution in [-0.2, 0) is 11.2 Å². The van der Waals surface area contributed by atoms with Gasteiger partial charge in [-0.15, -0.1) is 0 Å². The van der Waals surface area contributed by atoms with E-state index in [1.165, 1.54) is 5.56 Å². The van der Waals surface area contributed by atoms with Crippen LogP contribution in [0.2, 0.25) is 0 Å². The van der Waals surface area contributed by atoms with E-state index < -0.39 is 24.0 Å². The van der Waals surface area contributed by atoms with Crippen LogP contribution in [0.4, 0.5) is 5.95 Å². The summed E-state index contributed by atoms with van der Waals surface area (Å²) in [7, 11) is 0. The first kappa shape index (κ1) is 23.8. The van der Waals surface area contributed by atoms with Crippen LogP contribution in [0.25, 0.3) is 43.5 Å². The number of hydrogen-bond acceptors (Lipinski definition) is 7. The van der Waals surface area contributed by atoms with Gasteiger partial charge in [0.2, 0.25) is 5.95 Å². The third-order valence-electron chi connectivity index (χ3n) is 7.94. The summed E-state index contributed by atoms with van der Waals surface area (Å²) in [6, 6.07) is 20.9. The van der Waals surface area contributed by atoms with Crippen molar-refractivity contribution in [3.63, 3.8) is 0 Å². The number of H-pyrrole nitrogens is 1. The number of rotatable bonds is 4. The average molecular weight is 522 g/mol. The monoisotopic (exact) mass is 521 g/mol. The molecule has 1 aliphatic heterocycles. The molecule has 39 heavy (non-hydrogen) atoms. The highest BCUT2D eigenvalue weighted by Crippen LogP contribution is 2.39. The number of aromatic amines is 1. The van der Waals surface area contributed by atoms with Crippen LogP contribution in [0.5, 0.6) is 0 Å². The number of hydrogen-bond donors (Lipinski definition) is 4. The summed E-state index contributed by atoms with van der Waals surface area (Å²) in [4.78, 5) is 24.6. The Bertz CT molecular complexity index is 1980. The van der Waals surface area contributed by atoms with Gasteiger partial charge in [-0.1, -0.05) is 60.7 Å². The Morgan fingerprint density at radius 2 is 1.77 bits per heavy atom. The van der Waals surface area contributed by atoms with Crippen molar-refractivity contribution in [1.82, 2.24) is 19.5 Å². The summed E-state index contributed by atoms with van der Waals surface area (Å²) in [6.07, 6.45) is -1.69. The van der Waals surface area contributed by atoms with E-state index >= 15 is 0 Å². The Kier molecular flexibility index (Phi) is 5.41. The van der Waals surface area contributed by atoms with Gasteiger partial charge in [-0.05, 0) is 50.4 Å². The predicted molar refractivity (Wildman–Crippen MR) is 151 cm³/mol. The molecule has 3 atom stereocenters. The van der Waals surface area contributed by atoms with Crippen molar-refractivity contribution in [1.29, 1.82) is 0 Å². The first-order valence-electron chi connectivity index (χ1n) is 13.0. The van der Waals surface area contributed by atoms with E-state index in [4.69, 9.17) is 15.5 Å². The van der Waals surface area contributed by atoms with Gasteiger partial charge in [-0.3, -0.25) is 14.3 Å². The second-order valence-electron chi connectivity index (χ2n) is 10.2. The second-order valence-corrected chi connectivity index (χ2v) is 10.2. The molecule has 1 aliphatic rings. The van der Waals surface area contributed by atoms with Gasteiger partial charge in [0.25, 0.3) is 5.56 Å². The van der Waals surface area contributed by atoms with Crippen LogP contribution in [0, 0.1) is 6.92 Å². The third-order valence-corrected chi connectivity index (χ3v) is 7.94. The number of aliphatic hydroxyl groups is 2. The van der Waals surface area contributed by atoms with Crippen LogP contribution in [0.1, 0.15) is 29.6 Å². The molecule has 0 bridgehead atoms. The number of aryl methyl sites for hydroxylation is 1. The third kappa shape index (κ3) is 3.62. The van der Waals surface area contributed by atoms with Gasteiger partial charge >= 0.3 is 0 Å². The molecule has 1 saturated heterocycles. The number of anilines is 1. The number of nitrogen functional groups attached to an aromatic ring is 1. The van der Waals surface area contributed by atoms with Gasteiger partial charge in [0.05, 0.1) is 12.7 Å². The van der Waals surface area contributed by atoms with E-state index in [0.717, 1.165) is 37.9 Å². The summed E-state index contributed by atoms with van der Waals surface area (Å²) in [5.41, 5.74) is 8.18. The Morgan fingerprint density at radius 3 is 2.54 bits per heavy atom. The molecule has 9 heteroatoms. The molecule has 0 spiro atoms. The van der Waals surface area contributed by atoms with Gasteiger partial charge in [-0.2, -0.15) is 4.98 Å². The number of imidazole rings is 1. The van der Waals surface area contributed by atoms with Crippen molar-refractivity contribution in [2.45, 2.75) is 38.2 Å². The van der Waals surface area contributed by atoms with Gasteiger partial charge in [0.1, 0.15) is 18.2 Å². The number of ether oxygens (including phenoxy) is 1. The number of aromatic nitrogens is 4. The zero-order valence-corrected chi connectivity index (χ0v) is 21.3. The molecule has 3 heterocycles. The minimum Gasteiger partial charge on any atom is -0.394 e. The number of fused-ring (bicyclic) bond motifs is 5. The molecule has 0 saturated carbocycles. The number of aliphatic hydroxyl groups excluding tert-OH is 2. The van der Waals surface area contributed by atoms with Crippen LogP contribution in [0.15, 0.2) is 65.5 Å². The molecule has 6 aromatic rings. The quantitative estimate of drug-likeness (QED) is 0.205. The Labute approximate surface area is 222 Å². The van der Waals surface area contributed by atoms with Gasteiger partial charge in [0.15, 0.2) is 11.2 Å². The minimum absolute atomic E-state index is 0.0327. The smallest absolute Gasteiger partial charge is 0.280 e. The predicted octanol–water partition coefficient (Wildman–Crippen LogP) is 3.70. The summed E-state index contributed by atoms with van der Waals surface area (Å²) >= 11 is 0. The first-order chi connectivity index (χ1) is 18.9. The van der Waals surface area contributed by atoms with Crippen LogP contribution < -0.4 is 11.3 Å². The first-order valence-corrected chi connectivity index (χ1v) is 13.0. The van der Waals surface area contributed by atoms with Crippen LogP contribution >= 0.6 is 0 Å². The van der Waals surface area contributed by atoms with E-state index in [-0.39, 0.29) is 30.1 Å². The molecule has 0 radical (unpaired) electrons. The molecular weight excluding hydrogens is 494 g/mol. The largest absolute Gasteiger partial charge is 0.394 e. The van der Waals surface area contributed by atoms with Gasteiger partial charge in [-0.25, -0.2) is 4.98 Å². The molecule has 4 aromatic carbocycles. The second kappa shape index (κ2) is 8.88. The number of nitrogens with zero attached hydrogens (tertiary/aromatic N) is 3. The highest BCUT2D eigenvalue weighted by Gasteiger charge is 2.37. The van der Waals surface area contributed by atoms with Crippen LogP contribution in [-0.4, -0.2) is 48.5 Å². The van der Waals surface area contributed by atoms with Crippen molar-refractivity contribution in [3.05, 3.63) is 88.0 Å². The fourth-order valence-corrected chi connectivity index (χ4v) is 6.11. The lowest BCUT2D eigenvalue weighted by molar-refractivity contribution is -0.0439. The summed E-state index contributed by atoms with van der Waals surface area (Å²) < 4.78 is 7.78. The highest BCUT2D eigenvalue weighted by atomic mass is 16.5. The molecule has 2 aromatic heterocycles. The molecule has 3 unspecified atom stereocenters. The van der Waals surface area contributed by atoms with Crippen molar-refractivity contribution < 1.29 is 14.9 Å². The Hall–Kier alpha value is -4.31. The fourth-order valence-electron chi connectivity index (χ4n) is 6.11. The van der Waals surface area contributed by atoms with Crippen molar-refractivity contribution in [3.8, 4) is 0 Å². The zero-order chi connectivity index (χ0) is 26.8. The number of benzene rings is 4. The molecule has 0 aliphatic carbocycles. The summed E-state index contributed by atoms with van der Waals surface area (Å²) in [5.74, 6) is 0.530. The van der Waals surface area contributed by atoms with Crippen molar-refractivity contribution >= 4 is 49.4 Å².